The summed E-state index contributed by atoms with van der Waals surface area (Å²) in [6.07, 6.45) is 3.45. The molecule has 1 unspecified atom stereocenters. The molecule has 0 saturated heterocycles. The van der Waals surface area contributed by atoms with Gasteiger partial charge in [0.25, 0.3) is 0 Å². The summed E-state index contributed by atoms with van der Waals surface area (Å²) in [6.45, 7) is 2.28. The molecule has 7 heteroatoms. The number of aromatic nitrogens is 4. The number of pyridine rings is 1. The monoisotopic (exact) mass is 309 g/mol. The Morgan fingerprint density at radius 2 is 2.22 bits per heavy atom. The Morgan fingerprint density at radius 1 is 1.30 bits per heavy atom. The van der Waals surface area contributed by atoms with E-state index < -0.39 is 0 Å². The normalized spacial score (nSPS) is 12.8. The lowest BCUT2D eigenvalue weighted by molar-refractivity contribution is 0.281. The van der Waals surface area contributed by atoms with Gasteiger partial charge in [0, 0.05) is 24.4 Å². The Bertz CT molecular complexity index is 940. The van der Waals surface area contributed by atoms with Crippen LogP contribution in [-0.4, -0.2) is 32.2 Å². The topological polar surface area (TPSA) is 91.5 Å². The number of imidazole rings is 1. The maximum absolute atomic E-state index is 5.83. The lowest BCUT2D eigenvalue weighted by Gasteiger charge is -2.08. The Balaban J connectivity index is 1.78. The van der Waals surface area contributed by atoms with Crippen LogP contribution in [0.25, 0.3) is 28.2 Å². The predicted molar refractivity (Wildman–Crippen MR) is 85.1 cm³/mol. The first-order chi connectivity index (χ1) is 11.2. The van der Waals surface area contributed by atoms with Crippen molar-refractivity contribution in [2.45, 2.75) is 13.0 Å². The summed E-state index contributed by atoms with van der Waals surface area (Å²) in [6, 6.07) is 9.14. The van der Waals surface area contributed by atoms with E-state index >= 15 is 0 Å². The third kappa shape index (κ3) is 2.51. The first-order valence-electron chi connectivity index (χ1n) is 7.29. The second-order valence-electron chi connectivity index (χ2n) is 5.37. The molecule has 4 aromatic rings. The summed E-state index contributed by atoms with van der Waals surface area (Å²) in [4.78, 5) is 8.62. The van der Waals surface area contributed by atoms with Gasteiger partial charge in [-0.05, 0) is 25.1 Å². The highest BCUT2D eigenvalue weighted by molar-refractivity contribution is 5.78. The van der Waals surface area contributed by atoms with Crippen LogP contribution in [0.4, 0.5) is 0 Å². The van der Waals surface area contributed by atoms with Gasteiger partial charge in [0.1, 0.15) is 17.8 Å². The minimum Gasteiger partial charge on any atom is -0.475 e. The van der Waals surface area contributed by atoms with Crippen molar-refractivity contribution in [3.63, 3.8) is 0 Å². The molecule has 0 saturated carbocycles. The van der Waals surface area contributed by atoms with Gasteiger partial charge in [0.15, 0.2) is 17.0 Å². The van der Waals surface area contributed by atoms with Crippen molar-refractivity contribution in [3.8, 4) is 17.3 Å². The molecular formula is C16H15N5O2. The second kappa shape index (κ2) is 5.36. The largest absolute Gasteiger partial charge is 0.475 e. The van der Waals surface area contributed by atoms with E-state index in [1.54, 1.807) is 23.0 Å². The number of hydrogen-bond donors (Lipinski definition) is 1. The fraction of sp³-hybridized carbons (Fsp3) is 0.188. The molecule has 1 atom stereocenters. The number of fused-ring (bicyclic) bond motifs is 2. The van der Waals surface area contributed by atoms with Crippen molar-refractivity contribution < 1.29 is 9.15 Å². The van der Waals surface area contributed by atoms with Crippen molar-refractivity contribution in [2.24, 2.45) is 5.73 Å². The summed E-state index contributed by atoms with van der Waals surface area (Å²) in [5.41, 5.74) is 8.67. The molecule has 0 aliphatic carbocycles. The van der Waals surface area contributed by atoms with Crippen molar-refractivity contribution >= 4 is 16.7 Å². The number of nitrogens with zero attached hydrogens (tertiary/aromatic N) is 4. The zero-order chi connectivity index (χ0) is 15.8. The van der Waals surface area contributed by atoms with E-state index in [4.69, 9.17) is 14.9 Å². The smallest absolute Gasteiger partial charge is 0.231 e. The Hall–Kier alpha value is -2.93. The average molecular weight is 309 g/mol. The Morgan fingerprint density at radius 3 is 3.04 bits per heavy atom. The van der Waals surface area contributed by atoms with Gasteiger partial charge in [-0.1, -0.05) is 0 Å². The third-order valence-electron chi connectivity index (χ3n) is 3.37. The van der Waals surface area contributed by atoms with E-state index in [0.29, 0.717) is 23.9 Å². The Labute approximate surface area is 131 Å². The molecule has 0 amide bonds. The lowest BCUT2D eigenvalue weighted by Crippen LogP contribution is -2.24. The standard InChI is InChI=1S/C16H15N5O2/c1-10(17)9-22-16-5-4-15-19-8-12(21(15)20-16)14-7-11-13(23-14)3-2-6-18-11/h2-8,10H,9,17H2,1H3. The van der Waals surface area contributed by atoms with Crippen LogP contribution in [-0.2, 0) is 0 Å². The summed E-state index contributed by atoms with van der Waals surface area (Å²) in [5, 5.41) is 4.45. The van der Waals surface area contributed by atoms with Crippen LogP contribution in [0.15, 0.2) is 47.1 Å². The van der Waals surface area contributed by atoms with Crippen LogP contribution in [0.3, 0.4) is 0 Å². The molecule has 7 nitrogen and oxygen atoms in total. The van der Waals surface area contributed by atoms with E-state index in [9.17, 15) is 0 Å². The molecule has 0 aliphatic rings. The highest BCUT2D eigenvalue weighted by Gasteiger charge is 2.13. The number of furan rings is 1. The number of hydrogen-bond acceptors (Lipinski definition) is 6. The molecule has 0 bridgehead atoms. The molecule has 0 fully saturated rings. The second-order valence-corrected chi connectivity index (χ2v) is 5.37. The van der Waals surface area contributed by atoms with Gasteiger partial charge < -0.3 is 14.9 Å². The van der Waals surface area contributed by atoms with Crippen LogP contribution in [0.5, 0.6) is 5.88 Å². The van der Waals surface area contributed by atoms with E-state index in [1.165, 1.54) is 0 Å². The minimum atomic E-state index is -0.0591. The van der Waals surface area contributed by atoms with Crippen LogP contribution in [0, 0.1) is 0 Å². The first-order valence-corrected chi connectivity index (χ1v) is 7.29. The molecular weight excluding hydrogens is 294 g/mol. The third-order valence-corrected chi connectivity index (χ3v) is 3.37. The maximum atomic E-state index is 5.83. The van der Waals surface area contributed by atoms with Gasteiger partial charge >= 0.3 is 0 Å². The first kappa shape index (κ1) is 13.7. The van der Waals surface area contributed by atoms with Crippen LogP contribution in [0.2, 0.25) is 0 Å². The highest BCUT2D eigenvalue weighted by Crippen LogP contribution is 2.27. The van der Waals surface area contributed by atoms with Crippen molar-refractivity contribution in [2.75, 3.05) is 6.61 Å². The molecule has 0 aliphatic heterocycles. The van der Waals surface area contributed by atoms with Gasteiger partial charge in [-0.15, -0.1) is 5.10 Å². The number of ether oxygens (including phenoxy) is 1. The summed E-state index contributed by atoms with van der Waals surface area (Å²) < 4.78 is 13.1. The Kier molecular flexibility index (Phi) is 3.20. The molecule has 2 N–H and O–H groups in total. The van der Waals surface area contributed by atoms with Gasteiger partial charge in [-0.25, -0.2) is 9.50 Å². The summed E-state index contributed by atoms with van der Waals surface area (Å²) in [7, 11) is 0. The van der Waals surface area contributed by atoms with Gasteiger partial charge in [-0.3, -0.25) is 4.98 Å². The van der Waals surface area contributed by atoms with E-state index in [2.05, 4.69) is 15.1 Å². The molecule has 4 rings (SSSR count). The minimum absolute atomic E-state index is 0.0591. The highest BCUT2D eigenvalue weighted by atomic mass is 16.5. The molecule has 0 radical (unpaired) electrons. The molecule has 4 aromatic heterocycles. The number of rotatable bonds is 4. The van der Waals surface area contributed by atoms with Gasteiger partial charge in [-0.2, -0.15) is 0 Å². The lowest BCUT2D eigenvalue weighted by atomic mass is 10.3. The quantitative estimate of drug-likeness (QED) is 0.621. The van der Waals surface area contributed by atoms with Crippen LogP contribution < -0.4 is 10.5 Å². The fourth-order valence-corrected chi connectivity index (χ4v) is 2.31. The van der Waals surface area contributed by atoms with Gasteiger partial charge in [0.05, 0.1) is 6.20 Å². The molecule has 23 heavy (non-hydrogen) atoms. The summed E-state index contributed by atoms with van der Waals surface area (Å²) in [5.74, 6) is 1.14. The van der Waals surface area contributed by atoms with Crippen molar-refractivity contribution in [1.82, 2.24) is 19.6 Å². The zero-order valence-electron chi connectivity index (χ0n) is 12.5. The van der Waals surface area contributed by atoms with Crippen LogP contribution >= 0.6 is 0 Å². The summed E-state index contributed by atoms with van der Waals surface area (Å²) >= 11 is 0. The van der Waals surface area contributed by atoms with Crippen molar-refractivity contribution in [3.05, 3.63) is 42.7 Å². The van der Waals surface area contributed by atoms with Gasteiger partial charge in [0.2, 0.25) is 5.88 Å². The average Bonchev–Trinajstić information content (AvgIpc) is 3.15. The van der Waals surface area contributed by atoms with Crippen molar-refractivity contribution in [1.29, 1.82) is 0 Å². The SMILES string of the molecule is CC(N)COc1ccc2ncc(-c3cc4ncccc4o3)n2n1. The number of nitrogens with two attached hydrogens (primary N) is 1. The zero-order valence-corrected chi connectivity index (χ0v) is 12.5. The van der Waals surface area contributed by atoms with Crippen LogP contribution in [0.1, 0.15) is 6.92 Å². The molecule has 4 heterocycles. The van der Waals surface area contributed by atoms with E-state index in [1.807, 2.05) is 31.2 Å². The fourth-order valence-electron chi connectivity index (χ4n) is 2.31. The molecule has 0 aromatic carbocycles. The maximum Gasteiger partial charge on any atom is 0.231 e. The predicted octanol–water partition coefficient (Wildman–Crippen LogP) is 2.26. The molecule has 116 valence electrons. The van der Waals surface area contributed by atoms with E-state index in [0.717, 1.165) is 16.8 Å². The van der Waals surface area contributed by atoms with E-state index in [-0.39, 0.29) is 6.04 Å². The molecule has 0 spiro atoms.